The molecule has 3 aromatic rings. The van der Waals surface area contributed by atoms with Gasteiger partial charge in [-0.2, -0.15) is 0 Å². The van der Waals surface area contributed by atoms with Gasteiger partial charge in [0.05, 0.1) is 23.3 Å². The van der Waals surface area contributed by atoms with Crippen LogP contribution in [0.2, 0.25) is 0 Å². The van der Waals surface area contributed by atoms with Crippen LogP contribution in [-0.4, -0.2) is 23.1 Å². The Hall–Kier alpha value is -2.63. The van der Waals surface area contributed by atoms with Crippen molar-refractivity contribution in [1.29, 1.82) is 0 Å². The molecule has 0 radical (unpaired) electrons. The summed E-state index contributed by atoms with van der Waals surface area (Å²) in [4.78, 5) is 21.9. The minimum absolute atomic E-state index is 0. The van der Waals surface area contributed by atoms with Gasteiger partial charge < -0.3 is 14.9 Å². The van der Waals surface area contributed by atoms with E-state index in [0.717, 1.165) is 13.2 Å². The van der Waals surface area contributed by atoms with Crippen molar-refractivity contribution < 1.29 is 39.3 Å². The molecule has 7 nitrogen and oxygen atoms in total. The van der Waals surface area contributed by atoms with E-state index in [1.54, 1.807) is 0 Å². The summed E-state index contributed by atoms with van der Waals surface area (Å²) in [6.45, 7) is 0. The molecule has 1 aromatic heterocycles. The molecule has 0 spiro atoms. The van der Waals surface area contributed by atoms with Gasteiger partial charge in [-0.05, 0) is 29.1 Å². The van der Waals surface area contributed by atoms with Crippen molar-refractivity contribution in [2.75, 3.05) is 7.11 Å². The van der Waals surface area contributed by atoms with E-state index >= 15 is 0 Å². The summed E-state index contributed by atoms with van der Waals surface area (Å²) in [6, 6.07) is 7.96. The fourth-order valence-corrected chi connectivity index (χ4v) is 2.22. The largest absolute Gasteiger partial charge is 0.574 e. The molecule has 0 saturated heterocycles. The Morgan fingerprint density at radius 1 is 1.29 bits per heavy atom. The Labute approximate surface area is 148 Å². The molecule has 3 rings (SSSR count). The van der Waals surface area contributed by atoms with Crippen LogP contribution in [0.3, 0.4) is 0 Å². The summed E-state index contributed by atoms with van der Waals surface area (Å²) in [5.41, 5.74) is 0.855. The van der Waals surface area contributed by atoms with Gasteiger partial charge in [-0.15, -0.1) is 5.52 Å². The van der Waals surface area contributed by atoms with Crippen molar-refractivity contribution in [2.24, 2.45) is 0 Å². The second-order valence-corrected chi connectivity index (χ2v) is 4.69. The van der Waals surface area contributed by atoms with E-state index in [1.807, 2.05) is 0 Å². The Kier molecular flexibility index (Phi) is 5.07. The van der Waals surface area contributed by atoms with Gasteiger partial charge in [0.25, 0.3) is 5.69 Å². The topological polar surface area (TPSA) is 96.4 Å². The molecule has 0 amide bonds. The number of carbonyl (C=O) groups is 1. The zero-order valence-electron chi connectivity index (χ0n) is 12.1. The van der Waals surface area contributed by atoms with Crippen molar-refractivity contribution in [3.8, 4) is 11.3 Å². The maximum absolute atomic E-state index is 13.7. The maximum Gasteiger partial charge on any atom is 0.340 e. The number of nitro benzene ring substituents is 1. The normalized spacial score (nSPS) is 10.2. The predicted molar refractivity (Wildman–Crippen MR) is 78.5 cm³/mol. The van der Waals surface area contributed by atoms with Gasteiger partial charge in [0, 0.05) is 32.6 Å². The Bertz CT molecular complexity index is 942. The number of benzene rings is 2. The van der Waals surface area contributed by atoms with Crippen molar-refractivity contribution in [3.63, 3.8) is 0 Å². The molecular weight excluding hydrogens is 412 g/mol. The molecule has 2 aromatic carbocycles. The quantitative estimate of drug-likeness (QED) is 0.280. The molecule has 126 valence electrons. The molecule has 0 aliphatic rings. The van der Waals surface area contributed by atoms with Gasteiger partial charge in [-0.3, -0.25) is 10.1 Å². The van der Waals surface area contributed by atoms with Gasteiger partial charge >= 0.3 is 5.97 Å². The number of aromatic nitrogens is 2. The fourth-order valence-electron chi connectivity index (χ4n) is 2.22. The number of halogens is 1. The van der Waals surface area contributed by atoms with Crippen molar-refractivity contribution in [2.45, 2.75) is 0 Å². The third-order valence-corrected chi connectivity index (χ3v) is 3.35. The number of nitrogens with zero attached hydrogens (tertiary/aromatic N) is 3. The number of hydrogen-bond donors (Lipinski definition) is 0. The van der Waals surface area contributed by atoms with Gasteiger partial charge in [0.15, 0.2) is 0 Å². The molecular formula is C15H9FN3O4Pd-. The molecule has 1 heterocycles. The third kappa shape index (κ3) is 3.04. The molecule has 0 fully saturated rings. The predicted octanol–water partition coefficient (Wildman–Crippen LogP) is 2.69. The number of nitro groups is 1. The van der Waals surface area contributed by atoms with E-state index in [2.05, 4.69) is 14.9 Å². The summed E-state index contributed by atoms with van der Waals surface area (Å²) in [5.74, 6) is -1.55. The fraction of sp³-hybridized carbons (Fsp3) is 0.0667. The van der Waals surface area contributed by atoms with E-state index in [0.29, 0.717) is 22.2 Å². The van der Waals surface area contributed by atoms with Crippen LogP contribution in [0.4, 0.5) is 10.1 Å². The van der Waals surface area contributed by atoms with Crippen LogP contribution in [-0.2, 0) is 25.2 Å². The van der Waals surface area contributed by atoms with E-state index in [4.69, 9.17) is 0 Å². The van der Waals surface area contributed by atoms with Crippen molar-refractivity contribution in [3.05, 3.63) is 57.9 Å². The Balaban J connectivity index is 0.00000208. The van der Waals surface area contributed by atoms with Gasteiger partial charge in [-0.25, -0.2) is 9.18 Å². The summed E-state index contributed by atoms with van der Waals surface area (Å²) in [5, 5.41) is 19.2. The summed E-state index contributed by atoms with van der Waals surface area (Å²) < 4.78 is 18.2. The van der Waals surface area contributed by atoms with E-state index < -0.39 is 16.7 Å². The minimum Gasteiger partial charge on any atom is -0.574 e. The third-order valence-electron chi connectivity index (χ3n) is 3.35. The molecule has 9 heteroatoms. The Morgan fingerprint density at radius 2 is 2.04 bits per heavy atom. The zero-order chi connectivity index (χ0) is 16.6. The number of non-ortho nitro benzene ring substituents is 1. The molecule has 0 bridgehead atoms. The second kappa shape index (κ2) is 6.86. The molecule has 24 heavy (non-hydrogen) atoms. The van der Waals surface area contributed by atoms with Crippen LogP contribution in [0.15, 0.2) is 36.4 Å². The number of ether oxygens (including phenoxy) is 1. The zero-order valence-corrected chi connectivity index (χ0v) is 13.7. The van der Waals surface area contributed by atoms with Crippen LogP contribution in [0.5, 0.6) is 0 Å². The first kappa shape index (κ1) is 17.7. The number of esters is 1. The summed E-state index contributed by atoms with van der Waals surface area (Å²) >= 11 is 0. The minimum atomic E-state index is -0.820. The first-order valence-corrected chi connectivity index (χ1v) is 6.47. The summed E-state index contributed by atoms with van der Waals surface area (Å²) in [6.07, 6.45) is 0. The van der Waals surface area contributed by atoms with E-state index in [1.165, 1.54) is 30.3 Å². The number of hydrogen-bond acceptors (Lipinski definition) is 5. The van der Waals surface area contributed by atoms with Gasteiger partial charge in [-0.1, -0.05) is 6.07 Å². The summed E-state index contributed by atoms with van der Waals surface area (Å²) in [7, 11) is 1.15. The maximum atomic E-state index is 13.7. The smallest absolute Gasteiger partial charge is 0.340 e. The average molecular weight is 421 g/mol. The molecule has 0 aliphatic carbocycles. The first-order chi connectivity index (χ1) is 11.0. The van der Waals surface area contributed by atoms with Crippen molar-refractivity contribution in [1.82, 2.24) is 10.2 Å². The average Bonchev–Trinajstić information content (AvgIpc) is 2.97. The molecule has 0 atom stereocenters. The monoisotopic (exact) mass is 420 g/mol. The second-order valence-electron chi connectivity index (χ2n) is 4.69. The van der Waals surface area contributed by atoms with Gasteiger partial charge in [0.1, 0.15) is 5.82 Å². The number of carbonyl (C=O) groups excluding carboxylic acids is 1. The van der Waals surface area contributed by atoms with E-state index in [-0.39, 0.29) is 31.7 Å². The molecule has 0 aliphatic heterocycles. The molecule has 0 saturated carbocycles. The Morgan fingerprint density at radius 3 is 2.71 bits per heavy atom. The van der Waals surface area contributed by atoms with Crippen LogP contribution in [0.25, 0.3) is 22.2 Å². The number of rotatable bonds is 3. The van der Waals surface area contributed by atoms with Crippen LogP contribution in [0.1, 0.15) is 10.4 Å². The SMILES string of the molecule is COC(=O)c1cc(-c2n[n-]c3ccc([N+](=O)[O-])cc23)ccc1F.[Pd]. The van der Waals surface area contributed by atoms with Crippen LogP contribution >= 0.6 is 0 Å². The number of fused-ring (bicyclic) bond motifs is 1. The first-order valence-electron chi connectivity index (χ1n) is 6.47. The van der Waals surface area contributed by atoms with E-state index in [9.17, 15) is 19.3 Å². The molecule has 0 unspecified atom stereocenters. The van der Waals surface area contributed by atoms with Crippen LogP contribution in [0, 0.1) is 15.9 Å². The van der Waals surface area contributed by atoms with Gasteiger partial charge in [0.2, 0.25) is 0 Å². The number of methoxy groups -OCH3 is 1. The van der Waals surface area contributed by atoms with Crippen LogP contribution < -0.4 is 5.10 Å². The van der Waals surface area contributed by atoms with Crippen molar-refractivity contribution >= 4 is 22.6 Å². The molecule has 0 N–H and O–H groups in total. The standard InChI is InChI=1S/C15H9FN3O4.Pd/c1-23-15(20)10-6-8(2-4-12(10)16)14-11-7-9(19(21)22)3-5-13(11)17-18-14;/h2-7H,1H3;/q-1;.